The first-order chi connectivity index (χ1) is 16.0. The molecule has 0 N–H and O–H groups in total. The zero-order valence-electron chi connectivity index (χ0n) is 19.1. The van der Waals surface area contributed by atoms with Gasteiger partial charge >= 0.3 is 12.1 Å². The Bertz CT molecular complexity index is 1190. The van der Waals surface area contributed by atoms with Gasteiger partial charge in [0.2, 0.25) is 0 Å². The molecule has 0 bridgehead atoms. The summed E-state index contributed by atoms with van der Waals surface area (Å²) in [6.07, 6.45) is -2.49. The van der Waals surface area contributed by atoms with Crippen molar-refractivity contribution < 1.29 is 35.9 Å². The van der Waals surface area contributed by atoms with E-state index in [-0.39, 0.29) is 30.8 Å². The number of hydrogen-bond donors (Lipinski definition) is 0. The van der Waals surface area contributed by atoms with Crippen LogP contribution in [0.1, 0.15) is 44.2 Å². The fourth-order valence-electron chi connectivity index (χ4n) is 3.52. The van der Waals surface area contributed by atoms with E-state index in [9.17, 15) is 26.4 Å². The number of esters is 1. The Morgan fingerprint density at radius 3 is 2.62 bits per heavy atom. The highest BCUT2D eigenvalue weighted by Crippen LogP contribution is 2.40. The van der Waals surface area contributed by atoms with E-state index in [1.165, 1.54) is 7.11 Å². The van der Waals surface area contributed by atoms with E-state index in [1.54, 1.807) is 18.2 Å². The number of carbonyl (C=O) groups is 1. The van der Waals surface area contributed by atoms with Crippen LogP contribution in [0.25, 0.3) is 6.08 Å². The van der Waals surface area contributed by atoms with Crippen LogP contribution < -0.4 is 9.04 Å². The molecule has 6 nitrogen and oxygen atoms in total. The van der Waals surface area contributed by atoms with E-state index in [4.69, 9.17) is 4.74 Å². The predicted molar refractivity (Wildman–Crippen MR) is 122 cm³/mol. The summed E-state index contributed by atoms with van der Waals surface area (Å²) >= 11 is 0. The monoisotopic (exact) mass is 497 g/mol. The summed E-state index contributed by atoms with van der Waals surface area (Å²) in [7, 11) is -3.12. The predicted octanol–water partition coefficient (Wildman–Crippen LogP) is 5.43. The van der Waals surface area contributed by atoms with Gasteiger partial charge in [0.25, 0.3) is 10.0 Å². The minimum atomic E-state index is -4.69. The zero-order valence-corrected chi connectivity index (χ0v) is 19.9. The molecule has 0 fully saturated rings. The van der Waals surface area contributed by atoms with Gasteiger partial charge in [0.15, 0.2) is 0 Å². The van der Waals surface area contributed by atoms with Gasteiger partial charge in [-0.25, -0.2) is 8.42 Å². The number of ether oxygens (including phenoxy) is 2. The van der Waals surface area contributed by atoms with E-state index in [2.05, 4.69) is 4.74 Å². The maximum Gasteiger partial charge on any atom is 0.416 e. The second-order valence-electron chi connectivity index (χ2n) is 7.99. The van der Waals surface area contributed by atoms with Crippen molar-refractivity contribution in [2.24, 2.45) is 0 Å². The zero-order chi connectivity index (χ0) is 25.1. The molecule has 0 spiro atoms. The molecular weight excluding hydrogens is 471 g/mol. The summed E-state index contributed by atoms with van der Waals surface area (Å²) in [4.78, 5) is 11.1. The third kappa shape index (κ3) is 5.72. The van der Waals surface area contributed by atoms with Crippen molar-refractivity contribution >= 4 is 27.8 Å². The molecule has 2 aromatic rings. The first kappa shape index (κ1) is 25.6. The minimum Gasteiger partial charge on any atom is -0.486 e. The highest BCUT2D eigenvalue weighted by atomic mass is 32.2. The molecule has 0 aromatic heterocycles. The van der Waals surface area contributed by atoms with Gasteiger partial charge in [0.05, 0.1) is 29.8 Å². The summed E-state index contributed by atoms with van der Waals surface area (Å²) in [5.41, 5.74) is 0.975. The summed E-state index contributed by atoms with van der Waals surface area (Å²) in [6, 6.07) is 8.68. The topological polar surface area (TPSA) is 72.9 Å². The second kappa shape index (κ2) is 10.1. The van der Waals surface area contributed by atoms with Crippen molar-refractivity contribution in [3.63, 3.8) is 0 Å². The number of methoxy groups -OCH3 is 1. The molecule has 3 rings (SSSR count). The molecular formula is C24H26F3NO5S. The molecule has 1 aliphatic rings. The second-order valence-corrected chi connectivity index (χ2v) is 9.85. The number of sulfonamides is 1. The fourth-order valence-corrected chi connectivity index (χ4v) is 5.07. The van der Waals surface area contributed by atoms with E-state index in [0.29, 0.717) is 6.07 Å². The SMILES string of the molecule is CC/C(C)=C\c1ccc2c(c1)N(S(=O)(=O)c1cccc(C(F)(F)F)c1)C[C@H](CCC(=O)OC)O2. The van der Waals surface area contributed by atoms with E-state index < -0.39 is 38.7 Å². The average molecular weight is 498 g/mol. The smallest absolute Gasteiger partial charge is 0.416 e. The van der Waals surface area contributed by atoms with Gasteiger partial charge in [-0.05, 0) is 55.7 Å². The van der Waals surface area contributed by atoms with Crippen LogP contribution in [0.4, 0.5) is 18.9 Å². The number of halogens is 3. The van der Waals surface area contributed by atoms with Gasteiger partial charge in [-0.2, -0.15) is 13.2 Å². The van der Waals surface area contributed by atoms with Crippen LogP contribution >= 0.6 is 0 Å². The lowest BCUT2D eigenvalue weighted by atomic mass is 10.1. The lowest BCUT2D eigenvalue weighted by molar-refractivity contribution is -0.141. The lowest BCUT2D eigenvalue weighted by Gasteiger charge is -2.35. The molecule has 0 aliphatic carbocycles. The molecule has 34 heavy (non-hydrogen) atoms. The van der Waals surface area contributed by atoms with Crippen molar-refractivity contribution in [2.45, 2.75) is 50.3 Å². The number of nitrogens with zero attached hydrogens (tertiary/aromatic N) is 1. The van der Waals surface area contributed by atoms with Crippen molar-refractivity contribution in [1.82, 2.24) is 0 Å². The molecule has 1 aliphatic heterocycles. The number of rotatable bonds is 7. The molecule has 2 aromatic carbocycles. The standard InChI is InChI=1S/C24H26F3NO5S/c1-4-16(2)12-17-8-10-22-21(13-17)28(15-19(33-22)9-11-23(29)32-3)34(30,31)20-7-5-6-18(14-20)24(25,26)27/h5-8,10,12-14,19H,4,9,11,15H2,1-3H3/b16-12-/t19-/m0/s1. The Morgan fingerprint density at radius 2 is 1.97 bits per heavy atom. The van der Waals surface area contributed by atoms with Crippen LogP contribution in [-0.4, -0.2) is 34.1 Å². The average Bonchev–Trinajstić information content (AvgIpc) is 2.81. The Morgan fingerprint density at radius 1 is 1.24 bits per heavy atom. The van der Waals surface area contributed by atoms with Gasteiger partial charge in [0, 0.05) is 6.42 Å². The Kier molecular flexibility index (Phi) is 7.60. The number of anilines is 1. The Hall–Kier alpha value is -3.01. The van der Waals surface area contributed by atoms with Crippen molar-refractivity contribution in [2.75, 3.05) is 18.0 Å². The molecule has 1 atom stereocenters. The Balaban J connectivity index is 2.07. The van der Waals surface area contributed by atoms with Gasteiger partial charge in [0.1, 0.15) is 11.9 Å². The van der Waals surface area contributed by atoms with Crippen molar-refractivity contribution in [3.05, 3.63) is 59.2 Å². The van der Waals surface area contributed by atoms with Crippen LogP contribution in [0.2, 0.25) is 0 Å². The van der Waals surface area contributed by atoms with Gasteiger partial charge < -0.3 is 9.47 Å². The number of alkyl halides is 3. The van der Waals surface area contributed by atoms with Gasteiger partial charge in [-0.3, -0.25) is 9.10 Å². The van der Waals surface area contributed by atoms with Crippen LogP contribution in [0.5, 0.6) is 5.75 Å². The van der Waals surface area contributed by atoms with Crippen LogP contribution in [0, 0.1) is 0 Å². The number of hydrogen-bond acceptors (Lipinski definition) is 5. The van der Waals surface area contributed by atoms with Crippen LogP contribution in [-0.2, 0) is 25.7 Å². The number of carbonyl (C=O) groups excluding carboxylic acids is 1. The lowest BCUT2D eigenvalue weighted by Crippen LogP contribution is -2.43. The maximum absolute atomic E-state index is 13.6. The molecule has 0 unspecified atom stereocenters. The van der Waals surface area contributed by atoms with Gasteiger partial charge in [-0.1, -0.05) is 30.7 Å². The van der Waals surface area contributed by atoms with E-state index in [1.807, 2.05) is 19.9 Å². The van der Waals surface area contributed by atoms with Crippen LogP contribution in [0.3, 0.4) is 0 Å². The summed E-state index contributed by atoms with van der Waals surface area (Å²) in [5, 5.41) is 0. The quantitative estimate of drug-likeness (QED) is 0.477. The van der Waals surface area contributed by atoms with Crippen molar-refractivity contribution in [1.29, 1.82) is 0 Å². The number of allylic oxidation sites excluding steroid dienone is 1. The first-order valence-corrected chi connectivity index (χ1v) is 12.1. The van der Waals surface area contributed by atoms with Crippen LogP contribution in [0.15, 0.2) is 52.9 Å². The summed E-state index contributed by atoms with van der Waals surface area (Å²) < 4.78 is 78.5. The first-order valence-electron chi connectivity index (χ1n) is 10.7. The maximum atomic E-state index is 13.6. The Labute approximate surface area is 197 Å². The third-order valence-corrected chi connectivity index (χ3v) is 7.31. The van der Waals surface area contributed by atoms with E-state index >= 15 is 0 Å². The molecule has 0 radical (unpaired) electrons. The molecule has 1 heterocycles. The normalized spacial score (nSPS) is 16.6. The largest absolute Gasteiger partial charge is 0.486 e. The molecule has 0 amide bonds. The van der Waals surface area contributed by atoms with Crippen molar-refractivity contribution in [3.8, 4) is 5.75 Å². The number of benzene rings is 2. The minimum absolute atomic E-state index is 0.00443. The summed E-state index contributed by atoms with van der Waals surface area (Å²) in [5.74, 6) is -0.208. The molecule has 0 saturated heterocycles. The highest BCUT2D eigenvalue weighted by Gasteiger charge is 2.37. The van der Waals surface area contributed by atoms with Gasteiger partial charge in [-0.15, -0.1) is 0 Å². The molecule has 10 heteroatoms. The fraction of sp³-hybridized carbons (Fsp3) is 0.375. The highest BCUT2D eigenvalue weighted by molar-refractivity contribution is 7.92. The molecule has 184 valence electrons. The summed E-state index contributed by atoms with van der Waals surface area (Å²) in [6.45, 7) is 3.77. The molecule has 0 saturated carbocycles. The number of fused-ring (bicyclic) bond motifs is 1. The third-order valence-electron chi connectivity index (χ3n) is 5.53. The van der Waals surface area contributed by atoms with E-state index in [0.717, 1.165) is 40.1 Å².